The van der Waals surface area contributed by atoms with Crippen LogP contribution < -0.4 is 10.1 Å². The van der Waals surface area contributed by atoms with Crippen LogP contribution >= 0.6 is 34.8 Å². The Kier molecular flexibility index (Phi) is 10.5. The van der Waals surface area contributed by atoms with Gasteiger partial charge in [-0.1, -0.05) is 78.1 Å². The number of benzene rings is 3. The first-order valence-corrected chi connectivity index (χ1v) is 12.9. The Morgan fingerprint density at radius 2 is 1.56 bits per heavy atom. The van der Waals surface area contributed by atoms with E-state index in [2.05, 4.69) is 5.32 Å². The number of nitrogens with one attached hydrogen (secondary N) is 1. The second-order valence-electron chi connectivity index (χ2n) is 8.49. The minimum absolute atomic E-state index is 0.0484. The van der Waals surface area contributed by atoms with Gasteiger partial charge in [-0.2, -0.15) is 0 Å². The highest BCUT2D eigenvalue weighted by Gasteiger charge is 2.32. The van der Waals surface area contributed by atoms with Crippen molar-refractivity contribution in [2.75, 3.05) is 6.61 Å². The van der Waals surface area contributed by atoms with Crippen LogP contribution in [-0.4, -0.2) is 35.4 Å². The molecule has 5 nitrogen and oxygen atoms in total. The van der Waals surface area contributed by atoms with Crippen LogP contribution in [0.2, 0.25) is 15.1 Å². The largest absolute Gasteiger partial charge is 0.484 e. The smallest absolute Gasteiger partial charge is 0.261 e. The van der Waals surface area contributed by atoms with Gasteiger partial charge in [0.1, 0.15) is 11.8 Å². The topological polar surface area (TPSA) is 58.6 Å². The van der Waals surface area contributed by atoms with E-state index in [4.69, 9.17) is 39.5 Å². The number of carbonyl (C=O) groups is 2. The van der Waals surface area contributed by atoms with E-state index in [-0.39, 0.29) is 31.0 Å². The van der Waals surface area contributed by atoms with Crippen LogP contribution in [0.3, 0.4) is 0 Å². The van der Waals surface area contributed by atoms with Gasteiger partial charge in [0.05, 0.1) is 0 Å². The van der Waals surface area contributed by atoms with Gasteiger partial charge in [-0.15, -0.1) is 0 Å². The lowest BCUT2D eigenvalue weighted by Crippen LogP contribution is -2.53. The van der Waals surface area contributed by atoms with E-state index in [1.165, 1.54) is 4.90 Å². The fourth-order valence-electron chi connectivity index (χ4n) is 3.61. The number of rotatable bonds is 11. The molecule has 0 fully saturated rings. The van der Waals surface area contributed by atoms with Crippen molar-refractivity contribution in [2.45, 2.75) is 45.3 Å². The third kappa shape index (κ3) is 7.89. The molecule has 1 N–H and O–H groups in total. The SMILES string of the molecule is CC[C@H](C)NC(=O)[C@H](Cc1ccccc1)N(Cc1c(Cl)cccc1Cl)C(=O)COc1ccc(Cl)cc1. The van der Waals surface area contributed by atoms with E-state index >= 15 is 0 Å². The number of nitrogens with zero attached hydrogens (tertiary/aromatic N) is 1. The van der Waals surface area contributed by atoms with Crippen molar-refractivity contribution in [1.29, 1.82) is 0 Å². The fourth-order valence-corrected chi connectivity index (χ4v) is 4.25. The third-order valence-electron chi connectivity index (χ3n) is 5.84. The van der Waals surface area contributed by atoms with Gasteiger partial charge in [0.2, 0.25) is 5.91 Å². The van der Waals surface area contributed by atoms with Gasteiger partial charge >= 0.3 is 0 Å². The van der Waals surface area contributed by atoms with Crippen molar-refractivity contribution >= 4 is 46.6 Å². The zero-order chi connectivity index (χ0) is 26.1. The molecule has 0 unspecified atom stereocenters. The van der Waals surface area contributed by atoms with Crippen molar-refractivity contribution in [3.8, 4) is 5.75 Å². The molecule has 190 valence electrons. The second-order valence-corrected chi connectivity index (χ2v) is 9.74. The average Bonchev–Trinajstić information content (AvgIpc) is 2.87. The summed E-state index contributed by atoms with van der Waals surface area (Å²) in [6.07, 6.45) is 1.08. The van der Waals surface area contributed by atoms with Gasteiger partial charge in [0.15, 0.2) is 6.61 Å². The van der Waals surface area contributed by atoms with Crippen LogP contribution in [0.4, 0.5) is 0 Å². The van der Waals surface area contributed by atoms with Gasteiger partial charge in [0, 0.05) is 39.6 Å². The molecule has 0 aliphatic rings. The Morgan fingerprint density at radius 1 is 0.917 bits per heavy atom. The molecular formula is C28H29Cl3N2O3. The Balaban J connectivity index is 1.95. The molecular weight excluding hydrogens is 519 g/mol. The summed E-state index contributed by atoms with van der Waals surface area (Å²) in [5, 5.41) is 4.42. The highest BCUT2D eigenvalue weighted by atomic mass is 35.5. The second kappa shape index (κ2) is 13.5. The quantitative estimate of drug-likeness (QED) is 0.295. The van der Waals surface area contributed by atoms with Crippen molar-refractivity contribution < 1.29 is 14.3 Å². The van der Waals surface area contributed by atoms with E-state index in [1.807, 2.05) is 44.2 Å². The molecule has 0 bridgehead atoms. The van der Waals surface area contributed by atoms with Gasteiger partial charge in [-0.3, -0.25) is 9.59 Å². The standard InChI is InChI=1S/C28H29Cl3N2O3/c1-3-19(2)32-28(35)26(16-20-8-5-4-6-9-20)33(17-23-24(30)10-7-11-25(23)31)27(34)18-36-22-14-12-21(29)13-15-22/h4-15,19,26H,3,16-18H2,1-2H3,(H,32,35)/t19-,26-/m0/s1. The zero-order valence-corrected chi connectivity index (χ0v) is 22.5. The molecule has 2 atom stereocenters. The number of ether oxygens (including phenoxy) is 1. The summed E-state index contributed by atoms with van der Waals surface area (Å²) in [4.78, 5) is 28.6. The van der Waals surface area contributed by atoms with E-state index in [1.54, 1.807) is 42.5 Å². The molecule has 0 aliphatic carbocycles. The van der Waals surface area contributed by atoms with Gasteiger partial charge in [0.25, 0.3) is 5.91 Å². The summed E-state index contributed by atoms with van der Waals surface area (Å²) in [7, 11) is 0. The van der Waals surface area contributed by atoms with Crippen LogP contribution in [-0.2, 0) is 22.6 Å². The molecule has 2 amide bonds. The lowest BCUT2D eigenvalue weighted by molar-refractivity contribution is -0.143. The Morgan fingerprint density at radius 3 is 2.17 bits per heavy atom. The minimum Gasteiger partial charge on any atom is -0.484 e. The normalized spacial score (nSPS) is 12.5. The summed E-state index contributed by atoms with van der Waals surface area (Å²) < 4.78 is 5.74. The van der Waals surface area contributed by atoms with Crippen molar-refractivity contribution in [2.24, 2.45) is 0 Å². The van der Waals surface area contributed by atoms with Crippen LogP contribution in [0.5, 0.6) is 5.75 Å². The maximum Gasteiger partial charge on any atom is 0.261 e. The molecule has 0 saturated carbocycles. The number of carbonyl (C=O) groups excluding carboxylic acids is 2. The van der Waals surface area contributed by atoms with Crippen LogP contribution in [0.1, 0.15) is 31.4 Å². The van der Waals surface area contributed by atoms with Gasteiger partial charge < -0.3 is 15.0 Å². The highest BCUT2D eigenvalue weighted by Crippen LogP contribution is 2.27. The van der Waals surface area contributed by atoms with E-state index in [9.17, 15) is 9.59 Å². The molecule has 0 aliphatic heterocycles. The number of hydrogen-bond acceptors (Lipinski definition) is 3. The molecule has 8 heteroatoms. The van der Waals surface area contributed by atoms with E-state index < -0.39 is 6.04 Å². The predicted octanol–water partition coefficient (Wildman–Crippen LogP) is 6.58. The maximum absolute atomic E-state index is 13.6. The number of amides is 2. The summed E-state index contributed by atoms with van der Waals surface area (Å²) >= 11 is 18.9. The van der Waals surface area contributed by atoms with E-state index in [0.29, 0.717) is 32.8 Å². The Bertz CT molecular complexity index is 1140. The molecule has 36 heavy (non-hydrogen) atoms. The molecule has 0 spiro atoms. The summed E-state index contributed by atoms with van der Waals surface area (Å²) in [6, 6.07) is 20.6. The van der Waals surface area contributed by atoms with Crippen molar-refractivity contribution in [1.82, 2.24) is 10.2 Å². The fraction of sp³-hybridized carbons (Fsp3) is 0.286. The van der Waals surface area contributed by atoms with E-state index in [0.717, 1.165) is 12.0 Å². The van der Waals surface area contributed by atoms with Crippen molar-refractivity contribution in [3.63, 3.8) is 0 Å². The highest BCUT2D eigenvalue weighted by molar-refractivity contribution is 6.36. The lowest BCUT2D eigenvalue weighted by atomic mass is 10.0. The zero-order valence-electron chi connectivity index (χ0n) is 20.2. The average molecular weight is 548 g/mol. The molecule has 0 heterocycles. The lowest BCUT2D eigenvalue weighted by Gasteiger charge is -2.32. The molecule has 0 radical (unpaired) electrons. The summed E-state index contributed by atoms with van der Waals surface area (Å²) in [5.41, 5.74) is 1.48. The number of hydrogen-bond donors (Lipinski definition) is 1. The predicted molar refractivity (Wildman–Crippen MR) is 146 cm³/mol. The monoisotopic (exact) mass is 546 g/mol. The maximum atomic E-state index is 13.6. The minimum atomic E-state index is -0.810. The molecule has 0 aromatic heterocycles. The first kappa shape index (κ1) is 27.9. The Labute approximate surface area is 227 Å². The first-order chi connectivity index (χ1) is 17.3. The molecule has 3 rings (SSSR count). The van der Waals surface area contributed by atoms with Crippen LogP contribution in [0, 0.1) is 0 Å². The number of halogens is 3. The van der Waals surface area contributed by atoms with Gasteiger partial charge in [-0.25, -0.2) is 0 Å². The van der Waals surface area contributed by atoms with Crippen LogP contribution in [0.15, 0.2) is 72.8 Å². The molecule has 0 saturated heterocycles. The van der Waals surface area contributed by atoms with Crippen LogP contribution in [0.25, 0.3) is 0 Å². The van der Waals surface area contributed by atoms with Crippen molar-refractivity contribution in [3.05, 3.63) is 99.0 Å². The van der Waals surface area contributed by atoms with Gasteiger partial charge in [-0.05, 0) is 55.3 Å². The third-order valence-corrected chi connectivity index (χ3v) is 6.80. The summed E-state index contributed by atoms with van der Waals surface area (Å²) in [6.45, 7) is 3.69. The summed E-state index contributed by atoms with van der Waals surface area (Å²) in [5.74, 6) is -0.135. The molecule has 3 aromatic rings. The Hall–Kier alpha value is -2.73. The molecule has 3 aromatic carbocycles. The first-order valence-electron chi connectivity index (χ1n) is 11.7.